The number of nitrogens with one attached hydrogen (secondary N) is 1. The van der Waals surface area contributed by atoms with Crippen LogP contribution in [0.5, 0.6) is 0 Å². The van der Waals surface area contributed by atoms with E-state index in [1.807, 2.05) is 6.07 Å². The second-order valence-corrected chi connectivity index (χ2v) is 6.00. The fraction of sp³-hybridized carbons (Fsp3) is 0.571. The molecule has 1 aromatic carbocycles. The van der Waals surface area contributed by atoms with E-state index >= 15 is 0 Å². The van der Waals surface area contributed by atoms with E-state index in [0.717, 1.165) is 48.6 Å². The maximum absolute atomic E-state index is 13.7. The second-order valence-electron chi connectivity index (χ2n) is 4.89. The first-order valence-electron chi connectivity index (χ1n) is 6.61. The van der Waals surface area contributed by atoms with Crippen molar-refractivity contribution in [1.29, 1.82) is 0 Å². The number of fused-ring (bicyclic) bond motifs is 1. The first-order chi connectivity index (χ1) is 8.84. The third kappa shape index (κ3) is 2.56. The van der Waals surface area contributed by atoms with Crippen molar-refractivity contribution in [3.63, 3.8) is 0 Å². The van der Waals surface area contributed by atoms with E-state index in [-0.39, 0.29) is 11.9 Å². The molecule has 4 heteroatoms. The summed E-state index contributed by atoms with van der Waals surface area (Å²) in [6.07, 6.45) is 3.72. The van der Waals surface area contributed by atoms with Crippen LogP contribution in [0.2, 0.25) is 0 Å². The molecule has 1 aromatic rings. The molecule has 0 saturated carbocycles. The highest BCUT2D eigenvalue weighted by atomic mass is 32.2. The molecule has 2 nitrogen and oxygen atoms in total. The average molecular weight is 267 g/mol. The van der Waals surface area contributed by atoms with Crippen molar-refractivity contribution in [1.82, 2.24) is 5.32 Å². The lowest BCUT2D eigenvalue weighted by atomic mass is 10.0. The van der Waals surface area contributed by atoms with Crippen molar-refractivity contribution in [2.45, 2.75) is 36.3 Å². The van der Waals surface area contributed by atoms with Crippen molar-refractivity contribution < 1.29 is 9.13 Å². The maximum Gasteiger partial charge on any atom is 0.137 e. The number of hydrogen-bond acceptors (Lipinski definition) is 3. The standard InChI is InChI=1S/C14H18FNOS/c15-12-5-1-4-11-13(6-8-18-14(11)12)16-9-10-3-2-7-17-10/h1,4-5,10,13,16H,2-3,6-9H2. The van der Waals surface area contributed by atoms with E-state index in [9.17, 15) is 4.39 Å². The predicted octanol–water partition coefficient (Wildman–Crippen LogP) is 3.13. The van der Waals surface area contributed by atoms with Crippen LogP contribution in [0.3, 0.4) is 0 Å². The van der Waals surface area contributed by atoms with E-state index in [1.165, 1.54) is 0 Å². The van der Waals surface area contributed by atoms with Gasteiger partial charge in [-0.05, 0) is 36.6 Å². The minimum absolute atomic E-state index is 0.0823. The quantitative estimate of drug-likeness (QED) is 0.909. The number of rotatable bonds is 3. The SMILES string of the molecule is Fc1cccc2c1SCCC2NCC1CCCO1. The highest BCUT2D eigenvalue weighted by Crippen LogP contribution is 2.37. The number of benzene rings is 1. The molecule has 0 amide bonds. The van der Waals surface area contributed by atoms with Crippen LogP contribution in [0.15, 0.2) is 23.1 Å². The van der Waals surface area contributed by atoms with Gasteiger partial charge < -0.3 is 10.1 Å². The molecule has 2 aliphatic heterocycles. The summed E-state index contributed by atoms with van der Waals surface area (Å²) in [6.45, 7) is 1.77. The summed E-state index contributed by atoms with van der Waals surface area (Å²) in [4.78, 5) is 0.827. The Kier molecular flexibility index (Phi) is 3.87. The molecule has 2 unspecified atom stereocenters. The Morgan fingerprint density at radius 3 is 3.17 bits per heavy atom. The molecule has 2 aliphatic rings. The molecule has 0 aromatic heterocycles. The van der Waals surface area contributed by atoms with Crippen LogP contribution in [0, 0.1) is 5.82 Å². The average Bonchev–Trinajstić information content (AvgIpc) is 2.90. The van der Waals surface area contributed by atoms with Gasteiger partial charge in [-0.1, -0.05) is 12.1 Å². The Hall–Kier alpha value is -0.580. The summed E-state index contributed by atoms with van der Waals surface area (Å²) in [5.74, 6) is 0.901. The van der Waals surface area contributed by atoms with Gasteiger partial charge in [0.1, 0.15) is 5.82 Å². The Balaban J connectivity index is 1.69. The van der Waals surface area contributed by atoms with E-state index in [4.69, 9.17) is 4.74 Å². The topological polar surface area (TPSA) is 21.3 Å². The van der Waals surface area contributed by atoms with Crippen molar-refractivity contribution >= 4 is 11.8 Å². The number of thioether (sulfide) groups is 1. The Morgan fingerprint density at radius 2 is 2.33 bits per heavy atom. The van der Waals surface area contributed by atoms with Crippen molar-refractivity contribution in [2.24, 2.45) is 0 Å². The van der Waals surface area contributed by atoms with E-state index in [2.05, 4.69) is 5.32 Å². The van der Waals surface area contributed by atoms with Gasteiger partial charge in [-0.3, -0.25) is 0 Å². The molecule has 0 radical (unpaired) electrons. The lowest BCUT2D eigenvalue weighted by molar-refractivity contribution is 0.107. The first-order valence-corrected chi connectivity index (χ1v) is 7.59. The normalized spacial score (nSPS) is 27.2. The molecule has 1 N–H and O–H groups in total. The summed E-state index contributed by atoms with van der Waals surface area (Å²) in [6, 6.07) is 5.67. The smallest absolute Gasteiger partial charge is 0.137 e. The summed E-state index contributed by atoms with van der Waals surface area (Å²) < 4.78 is 19.3. The zero-order valence-corrected chi connectivity index (χ0v) is 11.1. The minimum Gasteiger partial charge on any atom is -0.377 e. The molecule has 2 heterocycles. The molecule has 18 heavy (non-hydrogen) atoms. The molecule has 1 saturated heterocycles. The van der Waals surface area contributed by atoms with Gasteiger partial charge in [0.2, 0.25) is 0 Å². The van der Waals surface area contributed by atoms with Crippen LogP contribution in [0.4, 0.5) is 4.39 Å². The van der Waals surface area contributed by atoms with Crippen LogP contribution >= 0.6 is 11.8 Å². The largest absolute Gasteiger partial charge is 0.377 e. The van der Waals surface area contributed by atoms with Crippen molar-refractivity contribution in [2.75, 3.05) is 18.9 Å². The zero-order valence-electron chi connectivity index (χ0n) is 10.3. The van der Waals surface area contributed by atoms with E-state index in [1.54, 1.807) is 23.9 Å². The number of ether oxygens (including phenoxy) is 1. The highest BCUT2D eigenvalue weighted by Gasteiger charge is 2.24. The summed E-state index contributed by atoms with van der Waals surface area (Å²) >= 11 is 1.63. The summed E-state index contributed by atoms with van der Waals surface area (Å²) in [5.41, 5.74) is 1.12. The Bertz CT molecular complexity index is 420. The van der Waals surface area contributed by atoms with E-state index in [0.29, 0.717) is 6.10 Å². The summed E-state index contributed by atoms with van der Waals surface area (Å²) in [5, 5.41) is 3.54. The zero-order chi connectivity index (χ0) is 12.4. The predicted molar refractivity (Wildman–Crippen MR) is 71.5 cm³/mol. The molecule has 98 valence electrons. The third-order valence-electron chi connectivity index (χ3n) is 3.64. The lowest BCUT2D eigenvalue weighted by Crippen LogP contribution is -2.31. The Labute approximate surface area is 111 Å². The molecule has 2 atom stereocenters. The van der Waals surface area contributed by atoms with Crippen LogP contribution in [-0.2, 0) is 4.74 Å². The van der Waals surface area contributed by atoms with Crippen molar-refractivity contribution in [3.05, 3.63) is 29.6 Å². The fourth-order valence-electron chi connectivity index (χ4n) is 2.68. The van der Waals surface area contributed by atoms with Gasteiger partial charge in [-0.25, -0.2) is 4.39 Å². The molecular weight excluding hydrogens is 249 g/mol. The molecule has 3 rings (SSSR count). The van der Waals surface area contributed by atoms with Gasteiger partial charge >= 0.3 is 0 Å². The van der Waals surface area contributed by atoms with Gasteiger partial charge in [-0.15, -0.1) is 11.8 Å². The monoisotopic (exact) mass is 267 g/mol. The van der Waals surface area contributed by atoms with Crippen molar-refractivity contribution in [3.8, 4) is 0 Å². The third-order valence-corrected chi connectivity index (χ3v) is 4.80. The van der Waals surface area contributed by atoms with Crippen LogP contribution in [0.1, 0.15) is 30.9 Å². The molecule has 0 bridgehead atoms. The van der Waals surface area contributed by atoms with Gasteiger partial charge in [0, 0.05) is 24.1 Å². The van der Waals surface area contributed by atoms with Gasteiger partial charge in [0.05, 0.1) is 6.10 Å². The van der Waals surface area contributed by atoms with E-state index < -0.39 is 0 Å². The first kappa shape index (κ1) is 12.5. The fourth-order valence-corrected chi connectivity index (χ4v) is 3.82. The Morgan fingerprint density at radius 1 is 1.39 bits per heavy atom. The lowest BCUT2D eigenvalue weighted by Gasteiger charge is -2.27. The van der Waals surface area contributed by atoms with Crippen LogP contribution in [-0.4, -0.2) is 25.0 Å². The molecule has 0 aliphatic carbocycles. The highest BCUT2D eigenvalue weighted by molar-refractivity contribution is 7.99. The summed E-state index contributed by atoms with van der Waals surface area (Å²) in [7, 11) is 0. The number of hydrogen-bond donors (Lipinski definition) is 1. The second kappa shape index (κ2) is 5.59. The van der Waals surface area contributed by atoms with Gasteiger partial charge in [-0.2, -0.15) is 0 Å². The minimum atomic E-state index is -0.0823. The van der Waals surface area contributed by atoms with Crippen LogP contribution in [0.25, 0.3) is 0 Å². The van der Waals surface area contributed by atoms with Gasteiger partial charge in [0.15, 0.2) is 0 Å². The molecule has 1 fully saturated rings. The molecular formula is C14H18FNOS. The maximum atomic E-state index is 13.7. The molecule has 0 spiro atoms. The van der Waals surface area contributed by atoms with Crippen LogP contribution < -0.4 is 5.32 Å². The van der Waals surface area contributed by atoms with Gasteiger partial charge in [0.25, 0.3) is 0 Å². The number of halogens is 1.